The molecule has 0 spiro atoms. The van der Waals surface area contributed by atoms with E-state index in [0.717, 1.165) is 65.2 Å². The molecule has 0 radical (unpaired) electrons. The molecule has 1 rings (SSSR count). The van der Waals surface area contributed by atoms with Crippen molar-refractivity contribution in [3.63, 3.8) is 0 Å². The largest absolute Gasteiger partial charge is 0.480 e. The lowest BCUT2D eigenvalue weighted by atomic mass is 10.3. The maximum Gasteiger partial charge on any atom is 0.317 e. The first-order chi connectivity index (χ1) is 10.2. The van der Waals surface area contributed by atoms with Crippen molar-refractivity contribution in [1.82, 2.24) is 20.0 Å². The molecule has 0 amide bonds. The van der Waals surface area contributed by atoms with Crippen molar-refractivity contribution in [2.75, 3.05) is 72.0 Å². The number of rotatable bonds is 5. The Morgan fingerprint density at radius 1 is 1.05 bits per heavy atom. The zero-order chi connectivity index (χ0) is 15.5. The van der Waals surface area contributed by atoms with Crippen LogP contribution in [-0.2, 0) is 9.59 Å². The number of nitrogens with one attached hydrogen (secondary N) is 1. The van der Waals surface area contributed by atoms with Crippen molar-refractivity contribution < 1.29 is 14.7 Å². The van der Waals surface area contributed by atoms with Crippen molar-refractivity contribution in [1.29, 1.82) is 0 Å². The van der Waals surface area contributed by atoms with Crippen LogP contribution in [0.4, 0.5) is 0 Å². The molecule has 1 aliphatic rings. The maximum absolute atomic E-state index is 10.9. The maximum atomic E-state index is 10.9. The molecule has 21 heavy (non-hydrogen) atoms. The van der Waals surface area contributed by atoms with Gasteiger partial charge in [0.2, 0.25) is 0 Å². The fraction of sp³-hybridized carbons (Fsp3) is 0.857. The van der Waals surface area contributed by atoms with Gasteiger partial charge in [0.05, 0.1) is 13.1 Å². The summed E-state index contributed by atoms with van der Waals surface area (Å²) < 4.78 is 0. The summed E-state index contributed by atoms with van der Waals surface area (Å²) in [5.74, 6) is -0.776. The minimum Gasteiger partial charge on any atom is -0.480 e. The minimum atomic E-state index is -0.776. The van der Waals surface area contributed by atoms with Crippen LogP contribution in [0.15, 0.2) is 0 Å². The molecule has 0 atom stereocenters. The van der Waals surface area contributed by atoms with Crippen molar-refractivity contribution in [2.24, 2.45) is 0 Å². The Morgan fingerprint density at radius 2 is 1.62 bits per heavy atom. The number of carbonyl (C=O) groups is 2. The Balaban J connectivity index is 2.54. The van der Waals surface area contributed by atoms with Gasteiger partial charge in [-0.25, -0.2) is 0 Å². The van der Waals surface area contributed by atoms with Gasteiger partial charge in [-0.3, -0.25) is 14.6 Å². The average molecular weight is 300 g/mol. The third-order valence-electron chi connectivity index (χ3n) is 3.81. The second-order valence-electron chi connectivity index (χ2n) is 5.32. The van der Waals surface area contributed by atoms with Crippen LogP contribution in [0.2, 0.25) is 0 Å². The van der Waals surface area contributed by atoms with E-state index < -0.39 is 5.97 Å². The third-order valence-corrected chi connectivity index (χ3v) is 3.81. The summed E-state index contributed by atoms with van der Waals surface area (Å²) in [6.45, 7) is 10.2. The zero-order valence-corrected chi connectivity index (χ0v) is 13.0. The monoisotopic (exact) mass is 300 g/mol. The Hall–Kier alpha value is -1.02. The van der Waals surface area contributed by atoms with Crippen LogP contribution in [0.3, 0.4) is 0 Å². The normalized spacial score (nSPS) is 21.4. The fourth-order valence-electron chi connectivity index (χ4n) is 2.45. The lowest BCUT2D eigenvalue weighted by molar-refractivity contribution is -0.138. The van der Waals surface area contributed by atoms with E-state index in [1.807, 2.05) is 4.90 Å². The van der Waals surface area contributed by atoms with Crippen molar-refractivity contribution in [3.05, 3.63) is 0 Å². The van der Waals surface area contributed by atoms with Crippen LogP contribution in [0.25, 0.3) is 0 Å². The molecule has 1 aliphatic heterocycles. The number of aliphatic carboxylic acids is 1. The zero-order valence-electron chi connectivity index (χ0n) is 13.0. The first kappa shape index (κ1) is 18.0. The quantitative estimate of drug-likeness (QED) is 0.618. The highest BCUT2D eigenvalue weighted by Crippen LogP contribution is 1.96. The van der Waals surface area contributed by atoms with Crippen molar-refractivity contribution in [2.45, 2.75) is 6.92 Å². The number of hydrogen-bond donors (Lipinski definition) is 2. The molecule has 122 valence electrons. The standard InChI is InChI=1S/C14H28N4O3/c1-2-16-7-9-17(11-12-19)5-3-15-4-6-18(10-8-16)13-14(20)21/h12,15H,2-11,13H2,1H3,(H,20,21). The molecular formula is C14H28N4O3. The van der Waals surface area contributed by atoms with Gasteiger partial charge in [-0.2, -0.15) is 0 Å². The molecule has 0 saturated carbocycles. The van der Waals surface area contributed by atoms with Crippen LogP contribution < -0.4 is 5.32 Å². The Morgan fingerprint density at radius 3 is 2.19 bits per heavy atom. The van der Waals surface area contributed by atoms with E-state index in [-0.39, 0.29) is 6.54 Å². The molecule has 0 aromatic carbocycles. The number of likely N-dealkylation sites (N-methyl/N-ethyl adjacent to an activating group) is 1. The van der Waals surface area contributed by atoms with Crippen molar-refractivity contribution in [3.8, 4) is 0 Å². The number of carboxylic acids is 1. The second-order valence-corrected chi connectivity index (χ2v) is 5.32. The Labute approximate surface area is 126 Å². The molecule has 1 heterocycles. The molecule has 0 aliphatic carbocycles. The van der Waals surface area contributed by atoms with Crippen LogP contribution in [0.1, 0.15) is 6.92 Å². The van der Waals surface area contributed by atoms with Gasteiger partial charge in [-0.15, -0.1) is 0 Å². The van der Waals surface area contributed by atoms with E-state index in [0.29, 0.717) is 6.54 Å². The van der Waals surface area contributed by atoms with E-state index in [2.05, 4.69) is 22.0 Å². The predicted molar refractivity (Wildman–Crippen MR) is 81.6 cm³/mol. The molecule has 0 bridgehead atoms. The molecule has 2 N–H and O–H groups in total. The summed E-state index contributed by atoms with van der Waals surface area (Å²) in [6, 6.07) is 0. The van der Waals surface area contributed by atoms with Gasteiger partial charge < -0.3 is 20.1 Å². The summed E-state index contributed by atoms with van der Waals surface area (Å²) in [7, 11) is 0. The Kier molecular flexibility index (Phi) is 9.16. The lowest BCUT2D eigenvalue weighted by Gasteiger charge is -2.29. The average Bonchev–Trinajstić information content (AvgIpc) is 2.44. The summed E-state index contributed by atoms with van der Waals surface area (Å²) in [6.07, 6.45) is 0.955. The molecule has 0 aromatic heterocycles. The highest BCUT2D eigenvalue weighted by atomic mass is 16.4. The smallest absolute Gasteiger partial charge is 0.317 e. The lowest BCUT2D eigenvalue weighted by Crippen LogP contribution is -2.46. The highest BCUT2D eigenvalue weighted by Gasteiger charge is 2.13. The molecule has 0 aromatic rings. The Bertz CT molecular complexity index is 315. The molecular weight excluding hydrogens is 272 g/mol. The second kappa shape index (κ2) is 10.7. The van der Waals surface area contributed by atoms with E-state index in [4.69, 9.17) is 5.11 Å². The van der Waals surface area contributed by atoms with Crippen molar-refractivity contribution >= 4 is 12.3 Å². The van der Waals surface area contributed by atoms with E-state index >= 15 is 0 Å². The van der Waals surface area contributed by atoms with Gasteiger partial charge in [0.15, 0.2) is 0 Å². The molecule has 7 heteroatoms. The number of hydrogen-bond acceptors (Lipinski definition) is 6. The molecule has 1 fully saturated rings. The predicted octanol–water partition coefficient (Wildman–Crippen LogP) is -1.20. The highest BCUT2D eigenvalue weighted by molar-refractivity contribution is 5.69. The summed E-state index contributed by atoms with van der Waals surface area (Å²) in [4.78, 5) is 28.0. The van der Waals surface area contributed by atoms with E-state index in [1.165, 1.54) is 0 Å². The minimum absolute atomic E-state index is 0.0938. The molecule has 7 nitrogen and oxygen atoms in total. The van der Waals surface area contributed by atoms with Crippen LogP contribution in [-0.4, -0.2) is 104 Å². The van der Waals surface area contributed by atoms with E-state index in [1.54, 1.807) is 0 Å². The van der Waals surface area contributed by atoms with E-state index in [9.17, 15) is 9.59 Å². The number of carboxylic acid groups (broad SMARTS) is 1. The summed E-state index contributed by atoms with van der Waals surface area (Å²) in [5, 5.41) is 12.3. The van der Waals surface area contributed by atoms with Crippen LogP contribution >= 0.6 is 0 Å². The fourth-order valence-corrected chi connectivity index (χ4v) is 2.45. The molecule has 1 saturated heterocycles. The number of nitrogens with zero attached hydrogens (tertiary/aromatic N) is 3. The molecule has 0 unspecified atom stereocenters. The first-order valence-corrected chi connectivity index (χ1v) is 7.69. The van der Waals surface area contributed by atoms with Gasteiger partial charge in [-0.1, -0.05) is 6.92 Å². The van der Waals surface area contributed by atoms with Gasteiger partial charge >= 0.3 is 5.97 Å². The van der Waals surface area contributed by atoms with Gasteiger partial charge in [0.1, 0.15) is 6.29 Å². The SMILES string of the molecule is CCN1CCN(CC=O)CCNCCN(CC(=O)O)CC1. The van der Waals surface area contributed by atoms with Crippen LogP contribution in [0, 0.1) is 0 Å². The number of aldehydes is 1. The van der Waals surface area contributed by atoms with Gasteiger partial charge in [-0.05, 0) is 6.54 Å². The topological polar surface area (TPSA) is 76.1 Å². The van der Waals surface area contributed by atoms with Gasteiger partial charge in [0.25, 0.3) is 0 Å². The first-order valence-electron chi connectivity index (χ1n) is 7.69. The van der Waals surface area contributed by atoms with Gasteiger partial charge in [0, 0.05) is 52.4 Å². The number of carbonyl (C=O) groups excluding carboxylic acids is 1. The third kappa shape index (κ3) is 8.11. The summed E-state index contributed by atoms with van der Waals surface area (Å²) in [5.41, 5.74) is 0. The van der Waals surface area contributed by atoms with Crippen LogP contribution in [0.5, 0.6) is 0 Å². The summed E-state index contributed by atoms with van der Waals surface area (Å²) >= 11 is 0.